The van der Waals surface area contributed by atoms with Gasteiger partial charge in [-0.25, -0.2) is 4.98 Å². The van der Waals surface area contributed by atoms with Crippen LogP contribution in [0.1, 0.15) is 31.4 Å². The Balaban J connectivity index is 1.82. The van der Waals surface area contributed by atoms with Gasteiger partial charge in [-0.3, -0.25) is 0 Å². The number of nitrogens with one attached hydrogen (secondary N) is 2. The number of hydrogen-bond acceptors (Lipinski definition) is 3. The van der Waals surface area contributed by atoms with Crippen LogP contribution >= 0.6 is 0 Å². The lowest BCUT2D eigenvalue weighted by molar-refractivity contribution is 0.521. The number of rotatable bonds is 3. The van der Waals surface area contributed by atoms with Crippen molar-refractivity contribution in [2.24, 2.45) is 0 Å². The van der Waals surface area contributed by atoms with Gasteiger partial charge in [0.15, 0.2) is 0 Å². The Kier molecular flexibility index (Phi) is 2.49. The van der Waals surface area contributed by atoms with Crippen LogP contribution in [-0.4, -0.2) is 16.0 Å². The van der Waals surface area contributed by atoms with E-state index in [-0.39, 0.29) is 0 Å². The lowest BCUT2D eigenvalue weighted by Crippen LogP contribution is -2.25. The molecule has 0 saturated heterocycles. The van der Waals surface area contributed by atoms with Crippen molar-refractivity contribution < 1.29 is 0 Å². The first kappa shape index (κ1) is 8.56. The molecule has 0 amide bonds. The normalized spacial score (nSPS) is 18.2. The van der Waals surface area contributed by atoms with Gasteiger partial charge in [0.05, 0.1) is 12.0 Å². The summed E-state index contributed by atoms with van der Waals surface area (Å²) in [6.45, 7) is 0.816. The fourth-order valence-corrected chi connectivity index (χ4v) is 1.85. The van der Waals surface area contributed by atoms with E-state index in [9.17, 15) is 0 Å². The first-order valence-electron chi connectivity index (χ1n) is 4.87. The van der Waals surface area contributed by atoms with Crippen LogP contribution < -0.4 is 11.1 Å². The van der Waals surface area contributed by atoms with Crippen LogP contribution in [0.3, 0.4) is 0 Å². The number of anilines is 1. The lowest BCUT2D eigenvalue weighted by Gasteiger charge is -2.10. The highest BCUT2D eigenvalue weighted by molar-refractivity contribution is 5.33. The smallest absolute Gasteiger partial charge is 0.146 e. The van der Waals surface area contributed by atoms with E-state index in [2.05, 4.69) is 15.3 Å². The number of aromatic amines is 1. The SMILES string of the molecule is Nc1nc[nH]c1CNC1CCCC1. The highest BCUT2D eigenvalue weighted by atomic mass is 15.0. The van der Waals surface area contributed by atoms with E-state index < -0.39 is 0 Å². The molecule has 0 radical (unpaired) electrons. The third-order valence-corrected chi connectivity index (χ3v) is 2.67. The van der Waals surface area contributed by atoms with Crippen molar-refractivity contribution in [1.82, 2.24) is 15.3 Å². The number of hydrogen-bond donors (Lipinski definition) is 3. The maximum absolute atomic E-state index is 5.64. The minimum Gasteiger partial charge on any atom is -0.382 e. The molecule has 0 spiro atoms. The molecule has 0 aliphatic heterocycles. The molecule has 1 aliphatic rings. The zero-order valence-electron chi connectivity index (χ0n) is 7.71. The van der Waals surface area contributed by atoms with Crippen molar-refractivity contribution >= 4 is 5.82 Å². The molecule has 1 heterocycles. The average molecular weight is 180 g/mol. The van der Waals surface area contributed by atoms with Crippen molar-refractivity contribution in [3.05, 3.63) is 12.0 Å². The van der Waals surface area contributed by atoms with Gasteiger partial charge in [-0.2, -0.15) is 0 Å². The molecule has 1 aromatic heterocycles. The maximum atomic E-state index is 5.64. The van der Waals surface area contributed by atoms with E-state index in [1.165, 1.54) is 25.7 Å². The number of H-pyrrole nitrogens is 1. The first-order valence-corrected chi connectivity index (χ1v) is 4.87. The van der Waals surface area contributed by atoms with Crippen molar-refractivity contribution in [3.63, 3.8) is 0 Å². The Morgan fingerprint density at radius 1 is 1.54 bits per heavy atom. The molecule has 1 aliphatic carbocycles. The number of nitrogen functional groups attached to an aromatic ring is 1. The van der Waals surface area contributed by atoms with Gasteiger partial charge in [0, 0.05) is 12.6 Å². The summed E-state index contributed by atoms with van der Waals surface area (Å²) in [5.41, 5.74) is 6.65. The Morgan fingerprint density at radius 2 is 2.31 bits per heavy atom. The summed E-state index contributed by atoms with van der Waals surface area (Å²) < 4.78 is 0. The van der Waals surface area contributed by atoms with Crippen LogP contribution in [0.25, 0.3) is 0 Å². The Morgan fingerprint density at radius 3 is 2.92 bits per heavy atom. The van der Waals surface area contributed by atoms with Gasteiger partial charge < -0.3 is 16.0 Å². The highest BCUT2D eigenvalue weighted by Crippen LogP contribution is 2.18. The van der Waals surface area contributed by atoms with E-state index >= 15 is 0 Å². The monoisotopic (exact) mass is 180 g/mol. The summed E-state index contributed by atoms with van der Waals surface area (Å²) in [6, 6.07) is 0.683. The van der Waals surface area contributed by atoms with E-state index in [1.807, 2.05) is 0 Å². The molecule has 13 heavy (non-hydrogen) atoms. The summed E-state index contributed by atoms with van der Waals surface area (Å²) in [6.07, 6.45) is 6.95. The Labute approximate surface area is 77.9 Å². The molecular formula is C9H16N4. The fourth-order valence-electron chi connectivity index (χ4n) is 1.85. The lowest BCUT2D eigenvalue weighted by atomic mass is 10.2. The Bertz CT molecular complexity index is 262. The number of nitrogens with two attached hydrogens (primary N) is 1. The van der Waals surface area contributed by atoms with Gasteiger partial charge in [0.25, 0.3) is 0 Å². The van der Waals surface area contributed by atoms with Gasteiger partial charge in [0.2, 0.25) is 0 Å². The second-order valence-electron chi connectivity index (χ2n) is 3.63. The first-order chi connectivity index (χ1) is 6.36. The van der Waals surface area contributed by atoms with Crippen LogP contribution in [0, 0.1) is 0 Å². The quantitative estimate of drug-likeness (QED) is 0.650. The van der Waals surface area contributed by atoms with Crippen LogP contribution in [0.5, 0.6) is 0 Å². The van der Waals surface area contributed by atoms with Crippen LogP contribution in [-0.2, 0) is 6.54 Å². The molecule has 1 fully saturated rings. The summed E-state index contributed by atoms with van der Waals surface area (Å²) in [5, 5.41) is 3.47. The zero-order valence-corrected chi connectivity index (χ0v) is 7.71. The van der Waals surface area contributed by atoms with Crippen molar-refractivity contribution in [2.75, 3.05) is 5.73 Å². The maximum Gasteiger partial charge on any atom is 0.146 e. The molecule has 0 aromatic carbocycles. The number of nitrogens with zero attached hydrogens (tertiary/aromatic N) is 1. The van der Waals surface area contributed by atoms with Crippen LogP contribution in [0.2, 0.25) is 0 Å². The molecular weight excluding hydrogens is 164 g/mol. The summed E-state index contributed by atoms with van der Waals surface area (Å²) in [5.74, 6) is 0.616. The van der Waals surface area contributed by atoms with Crippen molar-refractivity contribution in [3.8, 4) is 0 Å². The second kappa shape index (κ2) is 3.79. The topological polar surface area (TPSA) is 66.7 Å². The van der Waals surface area contributed by atoms with Crippen LogP contribution in [0.15, 0.2) is 6.33 Å². The third-order valence-electron chi connectivity index (χ3n) is 2.67. The fraction of sp³-hybridized carbons (Fsp3) is 0.667. The molecule has 0 bridgehead atoms. The summed E-state index contributed by atoms with van der Waals surface area (Å²) >= 11 is 0. The zero-order chi connectivity index (χ0) is 9.10. The molecule has 4 nitrogen and oxygen atoms in total. The van der Waals surface area contributed by atoms with E-state index in [0.29, 0.717) is 11.9 Å². The van der Waals surface area contributed by atoms with E-state index in [4.69, 9.17) is 5.73 Å². The van der Waals surface area contributed by atoms with Gasteiger partial charge in [-0.15, -0.1) is 0 Å². The van der Waals surface area contributed by atoms with E-state index in [0.717, 1.165) is 12.2 Å². The second-order valence-corrected chi connectivity index (χ2v) is 3.63. The van der Waals surface area contributed by atoms with Gasteiger partial charge >= 0.3 is 0 Å². The minimum absolute atomic E-state index is 0.616. The molecule has 1 aromatic rings. The molecule has 1 saturated carbocycles. The van der Waals surface area contributed by atoms with Gasteiger partial charge in [-0.05, 0) is 12.8 Å². The number of imidazole rings is 1. The molecule has 72 valence electrons. The Hall–Kier alpha value is -1.03. The largest absolute Gasteiger partial charge is 0.382 e. The molecule has 0 atom stereocenters. The standard InChI is InChI=1S/C9H16N4/c10-9-8(12-6-13-9)5-11-7-3-1-2-4-7/h6-7,11H,1-5,10H2,(H,12,13). The number of aromatic nitrogens is 2. The molecule has 0 unspecified atom stereocenters. The van der Waals surface area contributed by atoms with Gasteiger partial charge in [-0.1, -0.05) is 12.8 Å². The van der Waals surface area contributed by atoms with E-state index in [1.54, 1.807) is 6.33 Å². The van der Waals surface area contributed by atoms with Crippen molar-refractivity contribution in [2.45, 2.75) is 38.3 Å². The van der Waals surface area contributed by atoms with Gasteiger partial charge in [0.1, 0.15) is 5.82 Å². The third kappa shape index (κ3) is 2.01. The molecule has 4 heteroatoms. The highest BCUT2D eigenvalue weighted by Gasteiger charge is 2.14. The summed E-state index contributed by atoms with van der Waals surface area (Å²) in [7, 11) is 0. The molecule has 2 rings (SSSR count). The average Bonchev–Trinajstić information content (AvgIpc) is 2.72. The predicted molar refractivity (Wildman–Crippen MR) is 52.1 cm³/mol. The van der Waals surface area contributed by atoms with Crippen LogP contribution in [0.4, 0.5) is 5.82 Å². The predicted octanol–water partition coefficient (Wildman–Crippen LogP) is 1.02. The molecule has 4 N–H and O–H groups in total. The van der Waals surface area contributed by atoms with Crippen molar-refractivity contribution in [1.29, 1.82) is 0 Å². The minimum atomic E-state index is 0.616. The summed E-state index contributed by atoms with van der Waals surface area (Å²) in [4.78, 5) is 6.97.